The molecule has 328 valence electrons. The molecular weight excluding hydrogens is 668 g/mol. The average Bonchev–Trinajstić information content (AvgIpc) is 3.19. The molecule has 0 aliphatic heterocycles. The summed E-state index contributed by atoms with van der Waals surface area (Å²) >= 11 is 0. The second-order valence-electron chi connectivity index (χ2n) is 19.0. The molecule has 0 unspecified atom stereocenters. The van der Waals surface area contributed by atoms with Crippen molar-refractivity contribution in [1.82, 2.24) is 0 Å². The first-order valence-electron chi connectivity index (χ1n) is 26.7. The molecule has 0 aliphatic carbocycles. The normalized spacial score (nSPS) is 12.3. The summed E-state index contributed by atoms with van der Waals surface area (Å²) < 4.78 is 0. The van der Waals surface area contributed by atoms with Gasteiger partial charge in [0.2, 0.25) is 0 Å². The molecule has 0 heterocycles. The SMILES string of the molecule is CCCCCCCCCCCCCCCCC[PH](CC)(CCCCCCCCCCCCCCCCC)CCCCCCCCCCCCCCCCC. The van der Waals surface area contributed by atoms with Gasteiger partial charge in [-0.05, 0) is 0 Å². The molecule has 0 N–H and O–H groups in total. The molecule has 0 spiro atoms. The fourth-order valence-electron chi connectivity index (χ4n) is 9.52. The maximum absolute atomic E-state index is 2.62. The zero-order valence-corrected chi connectivity index (χ0v) is 40.1. The van der Waals surface area contributed by atoms with Crippen LogP contribution in [0.15, 0.2) is 0 Å². The van der Waals surface area contributed by atoms with E-state index >= 15 is 0 Å². The molecule has 0 fully saturated rings. The van der Waals surface area contributed by atoms with Crippen LogP contribution in [-0.4, -0.2) is 24.6 Å². The third-order valence-corrected chi connectivity index (χ3v) is 19.4. The van der Waals surface area contributed by atoms with Gasteiger partial charge in [0.05, 0.1) is 0 Å². The van der Waals surface area contributed by atoms with Gasteiger partial charge in [0.1, 0.15) is 0 Å². The van der Waals surface area contributed by atoms with Crippen molar-refractivity contribution in [2.75, 3.05) is 24.6 Å². The number of rotatable bonds is 49. The summed E-state index contributed by atoms with van der Waals surface area (Å²) in [5.74, 6) is 0. The van der Waals surface area contributed by atoms with Gasteiger partial charge in [-0.25, -0.2) is 0 Å². The monoisotopic (exact) mass is 779 g/mol. The van der Waals surface area contributed by atoms with E-state index in [1.54, 1.807) is 43.9 Å². The second-order valence-corrected chi connectivity index (χ2v) is 24.2. The summed E-state index contributed by atoms with van der Waals surface area (Å²) in [6.45, 7) is 9.59. The summed E-state index contributed by atoms with van der Waals surface area (Å²) in [7, 11) is -1.08. The van der Waals surface area contributed by atoms with Crippen LogP contribution in [-0.2, 0) is 0 Å². The zero-order chi connectivity index (χ0) is 39.1. The van der Waals surface area contributed by atoms with Crippen molar-refractivity contribution in [2.24, 2.45) is 0 Å². The Morgan fingerprint density at radius 1 is 0.167 bits per heavy atom. The molecule has 0 aromatic heterocycles. The molecule has 0 atom stereocenters. The standard InChI is InChI=1S/C53H111P/c1-5-9-12-15-18-21-24-27-30-33-36-39-42-45-48-51-54(8-4,52-49-46-43-40-37-34-31-28-25-22-19-16-13-10-6-2)53-50-47-44-41-38-35-32-29-26-23-20-17-14-11-7-3/h54H,5-53H2,1-4H3. The van der Waals surface area contributed by atoms with E-state index in [-0.39, 0.29) is 0 Å². The summed E-state index contributed by atoms with van der Waals surface area (Å²) in [6.07, 6.45) is 73.7. The Morgan fingerprint density at radius 2 is 0.296 bits per heavy atom. The molecular formula is C53H111P. The predicted octanol–water partition coefficient (Wildman–Crippen LogP) is 20.4. The van der Waals surface area contributed by atoms with Gasteiger partial charge in [0.25, 0.3) is 0 Å². The van der Waals surface area contributed by atoms with Crippen molar-refractivity contribution in [3.8, 4) is 0 Å². The Balaban J connectivity index is 4.20. The van der Waals surface area contributed by atoms with Gasteiger partial charge in [0, 0.05) is 0 Å². The van der Waals surface area contributed by atoms with Crippen molar-refractivity contribution in [2.45, 2.75) is 317 Å². The smallest absolute Gasteiger partial charge is 0.0654 e. The first-order chi connectivity index (χ1) is 26.7. The van der Waals surface area contributed by atoms with E-state index in [4.69, 9.17) is 0 Å². The Kier molecular flexibility index (Phi) is 48.2. The zero-order valence-electron chi connectivity index (χ0n) is 39.1. The first kappa shape index (κ1) is 54.4. The molecule has 0 radical (unpaired) electrons. The summed E-state index contributed by atoms with van der Waals surface area (Å²) in [6, 6.07) is 0. The van der Waals surface area contributed by atoms with Crippen molar-refractivity contribution in [3.05, 3.63) is 0 Å². The van der Waals surface area contributed by atoms with Crippen LogP contribution in [0.4, 0.5) is 0 Å². The minimum absolute atomic E-state index is 1.08. The summed E-state index contributed by atoms with van der Waals surface area (Å²) in [5, 5.41) is 0. The molecule has 0 rings (SSSR count). The third kappa shape index (κ3) is 42.0. The summed E-state index contributed by atoms with van der Waals surface area (Å²) in [4.78, 5) is 0. The molecule has 0 aromatic rings. The van der Waals surface area contributed by atoms with E-state index in [2.05, 4.69) is 27.7 Å². The van der Waals surface area contributed by atoms with Crippen LogP contribution in [0.5, 0.6) is 0 Å². The van der Waals surface area contributed by atoms with Crippen LogP contribution in [0.1, 0.15) is 317 Å². The molecule has 54 heavy (non-hydrogen) atoms. The third-order valence-electron chi connectivity index (χ3n) is 13.7. The molecule has 0 aliphatic rings. The minimum atomic E-state index is -1.08. The quantitative estimate of drug-likeness (QED) is 0.0426. The van der Waals surface area contributed by atoms with Gasteiger partial charge in [-0.1, -0.05) is 97.8 Å². The number of unbranched alkanes of at least 4 members (excludes halogenated alkanes) is 42. The molecule has 1 heteroatoms. The van der Waals surface area contributed by atoms with E-state index in [1.807, 2.05) is 0 Å². The van der Waals surface area contributed by atoms with Gasteiger partial charge in [0.15, 0.2) is 0 Å². The average molecular weight is 779 g/mol. The Bertz CT molecular complexity index is 558. The van der Waals surface area contributed by atoms with Crippen LogP contribution in [0.3, 0.4) is 0 Å². The Morgan fingerprint density at radius 3 is 0.426 bits per heavy atom. The van der Waals surface area contributed by atoms with E-state index in [1.165, 1.54) is 270 Å². The minimum Gasteiger partial charge on any atom is -0.0654 e. The van der Waals surface area contributed by atoms with Gasteiger partial charge in [-0.15, -0.1) is 0 Å². The van der Waals surface area contributed by atoms with Crippen LogP contribution in [0, 0.1) is 0 Å². The second kappa shape index (κ2) is 47.8. The van der Waals surface area contributed by atoms with Gasteiger partial charge in [-0.3, -0.25) is 0 Å². The predicted molar refractivity (Wildman–Crippen MR) is 258 cm³/mol. The fraction of sp³-hybridized carbons (Fsp3) is 1.00. The number of hydrogen-bond donors (Lipinski definition) is 0. The molecule has 0 amide bonds. The van der Waals surface area contributed by atoms with E-state index < -0.39 is 7.26 Å². The van der Waals surface area contributed by atoms with Crippen molar-refractivity contribution in [1.29, 1.82) is 0 Å². The molecule has 0 saturated heterocycles. The Labute approximate surface area is 347 Å². The van der Waals surface area contributed by atoms with Crippen LogP contribution in [0.25, 0.3) is 0 Å². The molecule has 0 nitrogen and oxygen atoms in total. The molecule has 0 bridgehead atoms. The van der Waals surface area contributed by atoms with E-state index in [0.29, 0.717) is 0 Å². The number of hydrogen-bond acceptors (Lipinski definition) is 0. The summed E-state index contributed by atoms with van der Waals surface area (Å²) in [5.41, 5.74) is 0. The van der Waals surface area contributed by atoms with Crippen molar-refractivity contribution in [3.63, 3.8) is 0 Å². The topological polar surface area (TPSA) is 0 Å². The van der Waals surface area contributed by atoms with Crippen molar-refractivity contribution >= 4 is 7.26 Å². The Hall–Kier alpha value is 0.430. The molecule has 0 aromatic carbocycles. The fourth-order valence-corrected chi connectivity index (χ4v) is 14.3. The van der Waals surface area contributed by atoms with Gasteiger partial charge < -0.3 is 0 Å². The van der Waals surface area contributed by atoms with E-state index in [9.17, 15) is 0 Å². The van der Waals surface area contributed by atoms with Crippen LogP contribution >= 0.6 is 7.26 Å². The van der Waals surface area contributed by atoms with Gasteiger partial charge in [-0.2, -0.15) is 0 Å². The first-order valence-corrected chi connectivity index (χ1v) is 29.6. The van der Waals surface area contributed by atoms with E-state index in [0.717, 1.165) is 0 Å². The maximum atomic E-state index is 2.62. The van der Waals surface area contributed by atoms with Crippen LogP contribution < -0.4 is 0 Å². The molecule has 0 saturated carbocycles. The van der Waals surface area contributed by atoms with Crippen LogP contribution in [0.2, 0.25) is 0 Å². The van der Waals surface area contributed by atoms with Crippen molar-refractivity contribution < 1.29 is 0 Å². The van der Waals surface area contributed by atoms with Gasteiger partial charge >= 0.3 is 251 Å².